The third-order valence-corrected chi connectivity index (χ3v) is 3.04. The first-order valence-electron chi connectivity index (χ1n) is 3.74. The molecule has 0 aliphatic heterocycles. The fourth-order valence-corrected chi connectivity index (χ4v) is 2.01. The molecule has 0 bridgehead atoms. The summed E-state index contributed by atoms with van der Waals surface area (Å²) in [6.07, 6.45) is 0. The minimum atomic E-state index is -4.93. The summed E-state index contributed by atoms with van der Waals surface area (Å²) >= 11 is 5.44. The summed E-state index contributed by atoms with van der Waals surface area (Å²) in [5.74, 6) is 0. The minimum Gasteiger partial charge on any atom is -0.744 e. The van der Waals surface area contributed by atoms with Crippen LogP contribution in [0.2, 0.25) is 5.02 Å². The van der Waals surface area contributed by atoms with Crippen LogP contribution in [0, 0.1) is 0 Å². The molecule has 0 unspecified atom stereocenters. The third-order valence-electron chi connectivity index (χ3n) is 1.44. The Balaban J connectivity index is 0. The molecule has 0 saturated heterocycles. The van der Waals surface area contributed by atoms with Crippen LogP contribution in [-0.2, 0) is 20.4 Å². The standard InChI is InChI=1S/C6H5ClN2O6S2.2Na/c7-5-2-1-4(8-9-17(13,14)15)3-6(5)16(10,11)12;;/h1-3H,(H,10,11,12)(H,13,14,15);;/q;2*+1/p-2. The van der Waals surface area contributed by atoms with Crippen molar-refractivity contribution >= 4 is 37.7 Å². The van der Waals surface area contributed by atoms with E-state index < -0.39 is 25.3 Å². The molecule has 94 valence electrons. The molecule has 0 heterocycles. The number of hydrogen-bond donors (Lipinski definition) is 0. The van der Waals surface area contributed by atoms with Crippen LogP contribution in [0.25, 0.3) is 0 Å². The van der Waals surface area contributed by atoms with E-state index in [0.717, 1.165) is 12.1 Å². The molecule has 1 aromatic carbocycles. The summed E-state index contributed by atoms with van der Waals surface area (Å²) in [4.78, 5) is -0.779. The van der Waals surface area contributed by atoms with E-state index in [-0.39, 0.29) is 69.8 Å². The molecule has 0 aliphatic rings. The molecule has 8 nitrogen and oxygen atoms in total. The molecule has 0 fully saturated rings. The van der Waals surface area contributed by atoms with Crippen molar-refractivity contribution in [2.75, 3.05) is 0 Å². The van der Waals surface area contributed by atoms with Crippen LogP contribution in [0.5, 0.6) is 0 Å². The molecule has 0 saturated carbocycles. The Bertz CT molecular complexity index is 675. The van der Waals surface area contributed by atoms with Gasteiger partial charge in [-0.25, -0.2) is 16.8 Å². The topological polar surface area (TPSA) is 139 Å². The van der Waals surface area contributed by atoms with E-state index in [2.05, 4.69) is 9.63 Å². The number of benzene rings is 1. The van der Waals surface area contributed by atoms with Gasteiger partial charge >= 0.3 is 59.1 Å². The fraction of sp³-hybridized carbons (Fsp3) is 0. The van der Waals surface area contributed by atoms with E-state index in [1.807, 2.05) is 0 Å². The zero-order valence-corrected chi connectivity index (χ0v) is 16.2. The first-order valence-corrected chi connectivity index (χ1v) is 6.89. The van der Waals surface area contributed by atoms with E-state index >= 15 is 0 Å². The Labute approximate surface area is 158 Å². The van der Waals surface area contributed by atoms with E-state index in [4.69, 9.17) is 11.6 Å². The van der Waals surface area contributed by atoms with E-state index in [1.165, 1.54) is 0 Å². The Morgan fingerprint density at radius 1 is 1.05 bits per heavy atom. The van der Waals surface area contributed by atoms with Gasteiger partial charge in [0.05, 0.1) is 15.6 Å². The van der Waals surface area contributed by atoms with Crippen molar-refractivity contribution < 1.29 is 85.1 Å². The van der Waals surface area contributed by atoms with E-state index in [9.17, 15) is 25.9 Å². The first kappa shape index (κ1) is 22.2. The zero-order chi connectivity index (χ0) is 13.3. The minimum absolute atomic E-state index is 0. The molecular weight excluding hydrogens is 342 g/mol. The average molecular weight is 345 g/mol. The molecule has 1 rings (SSSR count). The van der Waals surface area contributed by atoms with Crippen LogP contribution in [0.1, 0.15) is 0 Å². The second-order valence-corrected chi connectivity index (χ2v) is 5.45. The SMILES string of the molecule is O=S(=O)([O-])N=Nc1ccc(Cl)c(S(=O)(=O)[O-])c1.[Na+].[Na+]. The Morgan fingerprint density at radius 3 is 2.00 bits per heavy atom. The zero-order valence-electron chi connectivity index (χ0n) is 9.77. The normalized spacial score (nSPS) is 11.7. The van der Waals surface area contributed by atoms with Gasteiger partial charge in [-0.2, -0.15) is 0 Å². The van der Waals surface area contributed by atoms with Gasteiger partial charge < -0.3 is 9.11 Å². The summed E-state index contributed by atoms with van der Waals surface area (Å²) in [6, 6.07) is 2.81. The molecular formula is C6H3ClN2Na2O6S2. The van der Waals surface area contributed by atoms with Gasteiger partial charge in [0.1, 0.15) is 10.1 Å². The van der Waals surface area contributed by atoms with Crippen molar-refractivity contribution in [1.82, 2.24) is 0 Å². The molecule has 0 N–H and O–H groups in total. The summed E-state index contributed by atoms with van der Waals surface area (Å²) in [6.45, 7) is 0. The smallest absolute Gasteiger partial charge is 0.744 e. The van der Waals surface area contributed by atoms with Gasteiger partial charge in [0.15, 0.2) is 0 Å². The van der Waals surface area contributed by atoms with Gasteiger partial charge in [-0.3, -0.25) is 0 Å². The number of hydrogen-bond acceptors (Lipinski definition) is 7. The Kier molecular flexibility index (Phi) is 9.81. The van der Waals surface area contributed by atoms with Crippen molar-refractivity contribution in [3.8, 4) is 0 Å². The molecule has 0 aromatic heterocycles. The van der Waals surface area contributed by atoms with Crippen LogP contribution in [0.3, 0.4) is 0 Å². The quantitative estimate of drug-likeness (QED) is 0.305. The molecule has 0 radical (unpaired) electrons. The summed E-state index contributed by atoms with van der Waals surface area (Å²) in [5, 5.41) is 2.61. The summed E-state index contributed by atoms with van der Waals surface area (Å²) in [7, 11) is -9.75. The van der Waals surface area contributed by atoms with Crippen LogP contribution in [0.4, 0.5) is 5.69 Å². The van der Waals surface area contributed by atoms with Gasteiger partial charge in [0.25, 0.3) is 0 Å². The molecule has 13 heteroatoms. The van der Waals surface area contributed by atoms with Gasteiger partial charge in [0, 0.05) is 0 Å². The van der Waals surface area contributed by atoms with Crippen molar-refractivity contribution in [1.29, 1.82) is 0 Å². The summed E-state index contributed by atoms with van der Waals surface area (Å²) in [5.41, 5.74) is -0.303. The van der Waals surface area contributed by atoms with E-state index in [1.54, 1.807) is 0 Å². The van der Waals surface area contributed by atoms with Gasteiger partial charge in [-0.1, -0.05) is 16.1 Å². The van der Waals surface area contributed by atoms with E-state index in [0.29, 0.717) is 6.07 Å². The predicted molar refractivity (Wildman–Crippen MR) is 53.6 cm³/mol. The Morgan fingerprint density at radius 2 is 1.58 bits per heavy atom. The van der Waals surface area contributed by atoms with Crippen LogP contribution < -0.4 is 59.1 Å². The largest absolute Gasteiger partial charge is 1.00 e. The molecule has 0 atom stereocenters. The molecule has 0 aliphatic carbocycles. The Hall–Kier alpha value is 0.930. The second-order valence-electron chi connectivity index (χ2n) is 2.68. The summed E-state index contributed by atoms with van der Waals surface area (Å²) < 4.78 is 64.9. The monoisotopic (exact) mass is 344 g/mol. The van der Waals surface area contributed by atoms with Gasteiger partial charge in [-0.15, -0.1) is 5.11 Å². The molecule has 1 aromatic rings. The van der Waals surface area contributed by atoms with Crippen LogP contribution in [0.15, 0.2) is 32.7 Å². The maximum Gasteiger partial charge on any atom is 1.00 e. The number of nitrogens with zero attached hydrogens (tertiary/aromatic N) is 2. The average Bonchev–Trinajstić information content (AvgIpc) is 2.13. The van der Waals surface area contributed by atoms with Crippen LogP contribution in [-0.4, -0.2) is 25.9 Å². The number of halogens is 1. The van der Waals surface area contributed by atoms with Crippen LogP contribution >= 0.6 is 11.6 Å². The van der Waals surface area contributed by atoms with Crippen molar-refractivity contribution in [3.63, 3.8) is 0 Å². The third kappa shape index (κ3) is 8.07. The molecule has 0 amide bonds. The maximum atomic E-state index is 10.7. The van der Waals surface area contributed by atoms with Crippen molar-refractivity contribution in [2.24, 2.45) is 9.63 Å². The maximum absolute atomic E-state index is 10.7. The second kappa shape index (κ2) is 8.39. The fourth-order valence-electron chi connectivity index (χ4n) is 0.843. The molecule has 0 spiro atoms. The number of rotatable bonds is 3. The van der Waals surface area contributed by atoms with Crippen molar-refractivity contribution in [2.45, 2.75) is 4.90 Å². The first-order chi connectivity index (χ1) is 7.59. The van der Waals surface area contributed by atoms with Gasteiger partial charge in [-0.05, 0) is 18.2 Å². The van der Waals surface area contributed by atoms with Gasteiger partial charge in [0.2, 0.25) is 10.3 Å². The van der Waals surface area contributed by atoms with Crippen molar-refractivity contribution in [3.05, 3.63) is 23.2 Å². The predicted octanol–water partition coefficient (Wildman–Crippen LogP) is -5.20. The molecule has 19 heavy (non-hydrogen) atoms.